The molecule has 1 aromatic heterocycles. The number of sulfonamides is 1. The predicted molar refractivity (Wildman–Crippen MR) is 64.1 cm³/mol. The molecule has 0 unspecified atom stereocenters. The summed E-state index contributed by atoms with van der Waals surface area (Å²) in [6, 6.07) is 0. The molecule has 1 aromatic rings. The fourth-order valence-electron chi connectivity index (χ4n) is 1.77. The second kappa shape index (κ2) is 4.37. The Labute approximate surface area is 96.4 Å². The van der Waals surface area contributed by atoms with E-state index in [0.717, 1.165) is 23.2 Å². The van der Waals surface area contributed by atoms with E-state index in [4.69, 9.17) is 0 Å². The van der Waals surface area contributed by atoms with E-state index in [2.05, 4.69) is 28.5 Å². The molecule has 16 heavy (non-hydrogen) atoms. The Balaban J connectivity index is 3.20. The largest absolute Gasteiger partial charge is 0.251 e. The van der Waals surface area contributed by atoms with Gasteiger partial charge in [0.2, 0.25) is 16.0 Å². The summed E-state index contributed by atoms with van der Waals surface area (Å²) in [6.07, 6.45) is 1.08. The van der Waals surface area contributed by atoms with Crippen LogP contribution in [0.15, 0.2) is 0 Å². The van der Waals surface area contributed by atoms with Crippen molar-refractivity contribution in [2.75, 3.05) is 11.0 Å². The quantitative estimate of drug-likeness (QED) is 0.875. The van der Waals surface area contributed by atoms with Crippen molar-refractivity contribution in [3.05, 3.63) is 17.0 Å². The highest BCUT2D eigenvalue weighted by Gasteiger charge is 2.13. The number of hydrogen-bond acceptors (Lipinski definition) is 4. The van der Waals surface area contributed by atoms with Gasteiger partial charge in [-0.1, -0.05) is 13.8 Å². The van der Waals surface area contributed by atoms with E-state index in [0.29, 0.717) is 5.92 Å². The molecule has 0 radical (unpaired) electrons. The first-order valence-electron chi connectivity index (χ1n) is 5.03. The van der Waals surface area contributed by atoms with Crippen LogP contribution in [-0.4, -0.2) is 24.6 Å². The Hall–Kier alpha value is -1.17. The summed E-state index contributed by atoms with van der Waals surface area (Å²) in [5.41, 5.74) is 2.70. The van der Waals surface area contributed by atoms with Crippen LogP contribution in [0, 0.1) is 13.8 Å². The zero-order valence-electron chi connectivity index (χ0n) is 10.2. The first-order chi connectivity index (χ1) is 7.20. The zero-order valence-corrected chi connectivity index (χ0v) is 11.0. The minimum Gasteiger partial charge on any atom is -0.251 e. The SMILES string of the molecule is Cc1nc(NS(C)(=O)=O)nc(C)c1C(C)C. The van der Waals surface area contributed by atoms with Gasteiger partial charge in [-0.15, -0.1) is 0 Å². The Morgan fingerprint density at radius 2 is 1.56 bits per heavy atom. The van der Waals surface area contributed by atoms with E-state index >= 15 is 0 Å². The molecule has 0 amide bonds. The average Bonchev–Trinajstić information content (AvgIpc) is 1.96. The zero-order chi connectivity index (χ0) is 12.5. The van der Waals surface area contributed by atoms with Crippen molar-refractivity contribution in [1.82, 2.24) is 9.97 Å². The van der Waals surface area contributed by atoms with E-state index in [-0.39, 0.29) is 5.95 Å². The topological polar surface area (TPSA) is 72.0 Å². The minimum atomic E-state index is -3.32. The summed E-state index contributed by atoms with van der Waals surface area (Å²) in [5, 5.41) is 0. The highest BCUT2D eigenvalue weighted by atomic mass is 32.2. The number of aryl methyl sites for hydroxylation is 2. The van der Waals surface area contributed by atoms with Crippen molar-refractivity contribution < 1.29 is 8.42 Å². The van der Waals surface area contributed by atoms with E-state index in [9.17, 15) is 8.42 Å². The maximum atomic E-state index is 11.1. The molecule has 0 bridgehead atoms. The summed E-state index contributed by atoms with van der Waals surface area (Å²) in [6.45, 7) is 7.83. The van der Waals surface area contributed by atoms with Gasteiger partial charge in [0.15, 0.2) is 0 Å². The third-order valence-corrected chi connectivity index (χ3v) is 2.73. The molecule has 6 heteroatoms. The van der Waals surface area contributed by atoms with Gasteiger partial charge >= 0.3 is 0 Å². The van der Waals surface area contributed by atoms with Gasteiger partial charge < -0.3 is 0 Å². The van der Waals surface area contributed by atoms with E-state index < -0.39 is 10.0 Å². The van der Waals surface area contributed by atoms with E-state index in [1.165, 1.54) is 0 Å². The number of anilines is 1. The van der Waals surface area contributed by atoms with Crippen molar-refractivity contribution in [2.24, 2.45) is 0 Å². The summed E-state index contributed by atoms with van der Waals surface area (Å²) in [5.74, 6) is 0.467. The molecule has 0 aliphatic heterocycles. The van der Waals surface area contributed by atoms with Crippen LogP contribution in [0.5, 0.6) is 0 Å². The van der Waals surface area contributed by atoms with Crippen LogP contribution in [0.4, 0.5) is 5.95 Å². The molecule has 90 valence electrons. The Morgan fingerprint density at radius 3 is 1.88 bits per heavy atom. The van der Waals surface area contributed by atoms with Gasteiger partial charge in [0.1, 0.15) is 0 Å². The normalized spacial score (nSPS) is 11.9. The van der Waals surface area contributed by atoms with E-state index in [1.807, 2.05) is 13.8 Å². The molecule has 1 rings (SSSR count). The number of rotatable bonds is 3. The number of nitrogens with one attached hydrogen (secondary N) is 1. The standard InChI is InChI=1S/C10H17N3O2S/c1-6(2)9-7(3)11-10(12-8(9)4)13-16(5,14)15/h6H,1-5H3,(H,11,12,13). The molecular formula is C10H17N3O2S. The predicted octanol–water partition coefficient (Wildman–Crippen LogP) is 1.59. The summed E-state index contributed by atoms with van der Waals surface area (Å²) in [7, 11) is -3.32. The summed E-state index contributed by atoms with van der Waals surface area (Å²) >= 11 is 0. The second-order valence-corrected chi connectivity index (χ2v) is 5.91. The molecule has 0 aliphatic rings. The molecule has 0 aromatic carbocycles. The molecule has 0 saturated carbocycles. The highest BCUT2D eigenvalue weighted by Crippen LogP contribution is 2.21. The molecular weight excluding hydrogens is 226 g/mol. The van der Waals surface area contributed by atoms with Crippen LogP contribution in [0.2, 0.25) is 0 Å². The average molecular weight is 243 g/mol. The third-order valence-electron chi connectivity index (χ3n) is 2.18. The van der Waals surface area contributed by atoms with Crippen LogP contribution in [0.3, 0.4) is 0 Å². The van der Waals surface area contributed by atoms with Crippen LogP contribution >= 0.6 is 0 Å². The molecule has 1 N–H and O–H groups in total. The van der Waals surface area contributed by atoms with Gasteiger partial charge in [-0.3, -0.25) is 4.72 Å². The maximum absolute atomic E-state index is 11.1. The van der Waals surface area contributed by atoms with Gasteiger partial charge in [0.05, 0.1) is 6.26 Å². The first kappa shape index (κ1) is 12.9. The highest BCUT2D eigenvalue weighted by molar-refractivity contribution is 7.91. The van der Waals surface area contributed by atoms with Crippen molar-refractivity contribution in [3.63, 3.8) is 0 Å². The number of nitrogens with zero attached hydrogens (tertiary/aromatic N) is 2. The van der Waals surface area contributed by atoms with Crippen molar-refractivity contribution in [1.29, 1.82) is 0 Å². The minimum absolute atomic E-state index is 0.141. The Bertz CT molecular complexity index is 472. The summed E-state index contributed by atoms with van der Waals surface area (Å²) in [4.78, 5) is 8.28. The molecule has 1 heterocycles. The second-order valence-electron chi connectivity index (χ2n) is 4.16. The summed E-state index contributed by atoms with van der Waals surface area (Å²) < 4.78 is 24.4. The van der Waals surface area contributed by atoms with E-state index in [1.54, 1.807) is 0 Å². The first-order valence-corrected chi connectivity index (χ1v) is 6.92. The number of aromatic nitrogens is 2. The maximum Gasteiger partial charge on any atom is 0.236 e. The fraction of sp³-hybridized carbons (Fsp3) is 0.600. The Morgan fingerprint density at radius 1 is 1.12 bits per heavy atom. The van der Waals surface area contributed by atoms with Crippen LogP contribution in [0.25, 0.3) is 0 Å². The van der Waals surface area contributed by atoms with Crippen LogP contribution in [-0.2, 0) is 10.0 Å². The Kier molecular flexibility index (Phi) is 3.52. The molecule has 0 fully saturated rings. The monoisotopic (exact) mass is 243 g/mol. The molecule has 0 spiro atoms. The van der Waals surface area contributed by atoms with Crippen molar-refractivity contribution >= 4 is 16.0 Å². The fourth-order valence-corrected chi connectivity index (χ4v) is 2.19. The molecule has 5 nitrogen and oxygen atoms in total. The molecule has 0 atom stereocenters. The van der Waals surface area contributed by atoms with Crippen LogP contribution in [0.1, 0.15) is 36.7 Å². The van der Waals surface area contributed by atoms with Gasteiger partial charge in [0.25, 0.3) is 0 Å². The molecule has 0 aliphatic carbocycles. The van der Waals surface area contributed by atoms with Crippen molar-refractivity contribution in [2.45, 2.75) is 33.6 Å². The number of hydrogen-bond donors (Lipinski definition) is 1. The third kappa shape index (κ3) is 3.16. The lowest BCUT2D eigenvalue weighted by molar-refractivity contribution is 0.606. The van der Waals surface area contributed by atoms with Gasteiger partial charge in [-0.25, -0.2) is 18.4 Å². The lowest BCUT2D eigenvalue weighted by atomic mass is 10.0. The van der Waals surface area contributed by atoms with Crippen molar-refractivity contribution in [3.8, 4) is 0 Å². The van der Waals surface area contributed by atoms with Crippen LogP contribution < -0.4 is 4.72 Å². The lowest BCUT2D eigenvalue weighted by Crippen LogP contribution is -2.14. The van der Waals surface area contributed by atoms with Gasteiger partial charge in [-0.2, -0.15) is 0 Å². The smallest absolute Gasteiger partial charge is 0.236 e. The lowest BCUT2D eigenvalue weighted by Gasteiger charge is -2.13. The molecule has 0 saturated heterocycles. The van der Waals surface area contributed by atoms with Gasteiger partial charge in [-0.05, 0) is 25.3 Å². The van der Waals surface area contributed by atoms with Gasteiger partial charge in [0, 0.05) is 11.4 Å².